The van der Waals surface area contributed by atoms with Gasteiger partial charge in [-0.25, -0.2) is 0 Å². The molecule has 23 heavy (non-hydrogen) atoms. The van der Waals surface area contributed by atoms with E-state index in [1.54, 1.807) is 6.07 Å². The molecule has 114 valence electrons. The molecule has 0 aliphatic heterocycles. The van der Waals surface area contributed by atoms with Crippen molar-refractivity contribution in [2.75, 3.05) is 5.32 Å². The van der Waals surface area contributed by atoms with Crippen molar-refractivity contribution in [1.29, 1.82) is 5.41 Å². The molecule has 0 saturated carbocycles. The lowest BCUT2D eigenvalue weighted by molar-refractivity contribution is -0.115. The Morgan fingerprint density at radius 2 is 1.65 bits per heavy atom. The van der Waals surface area contributed by atoms with Crippen molar-refractivity contribution in [3.8, 4) is 0 Å². The molecular weight excluding hydrogens is 286 g/mol. The van der Waals surface area contributed by atoms with Crippen LogP contribution in [0, 0.1) is 5.41 Å². The molecule has 0 spiro atoms. The van der Waals surface area contributed by atoms with E-state index in [0.717, 1.165) is 22.0 Å². The maximum absolute atomic E-state index is 12.1. The number of carbonyl (C=O) groups excluding carboxylic acids is 1. The standard InChI is InChI=1S/C19H17N3O/c20-19(21)16-7-6-15-12-17(9-8-14(15)11-16)22-18(23)10-13-4-2-1-3-5-13/h1-9,11-12H,10H2,(H3,20,21)(H,22,23). The van der Waals surface area contributed by atoms with Gasteiger partial charge in [0.15, 0.2) is 0 Å². The van der Waals surface area contributed by atoms with E-state index < -0.39 is 0 Å². The second-order valence-electron chi connectivity index (χ2n) is 5.40. The van der Waals surface area contributed by atoms with Crippen LogP contribution in [0.5, 0.6) is 0 Å². The molecule has 3 aromatic rings. The van der Waals surface area contributed by atoms with Crippen LogP contribution >= 0.6 is 0 Å². The van der Waals surface area contributed by atoms with Crippen LogP contribution in [0.2, 0.25) is 0 Å². The summed E-state index contributed by atoms with van der Waals surface area (Å²) in [6.07, 6.45) is 0.349. The summed E-state index contributed by atoms with van der Waals surface area (Å²) in [6, 6.07) is 20.9. The number of nitrogen functional groups attached to an aromatic ring is 1. The van der Waals surface area contributed by atoms with Crippen molar-refractivity contribution in [1.82, 2.24) is 0 Å². The Bertz CT molecular complexity index is 872. The molecule has 3 rings (SSSR count). The molecule has 0 fully saturated rings. The largest absolute Gasteiger partial charge is 0.384 e. The molecule has 0 heterocycles. The first-order valence-electron chi connectivity index (χ1n) is 7.34. The first-order chi connectivity index (χ1) is 11.1. The molecular formula is C19H17N3O. The summed E-state index contributed by atoms with van der Waals surface area (Å²) in [5.74, 6) is 0.00282. The third kappa shape index (κ3) is 3.55. The van der Waals surface area contributed by atoms with E-state index in [9.17, 15) is 4.79 Å². The Balaban J connectivity index is 1.77. The maximum atomic E-state index is 12.1. The van der Waals surface area contributed by atoms with Crippen molar-refractivity contribution in [2.24, 2.45) is 5.73 Å². The van der Waals surface area contributed by atoms with Gasteiger partial charge >= 0.3 is 0 Å². The van der Waals surface area contributed by atoms with Crippen LogP contribution < -0.4 is 11.1 Å². The summed E-state index contributed by atoms with van der Waals surface area (Å²) in [5.41, 5.74) is 7.93. The summed E-state index contributed by atoms with van der Waals surface area (Å²) in [5, 5.41) is 12.4. The fourth-order valence-corrected chi connectivity index (χ4v) is 2.48. The van der Waals surface area contributed by atoms with Crippen molar-refractivity contribution < 1.29 is 4.79 Å². The number of nitrogens with one attached hydrogen (secondary N) is 2. The summed E-state index contributed by atoms with van der Waals surface area (Å²) in [7, 11) is 0. The number of amides is 1. The Kier molecular flexibility index (Phi) is 4.06. The lowest BCUT2D eigenvalue weighted by atomic mass is 10.1. The Morgan fingerprint density at radius 1 is 0.957 bits per heavy atom. The second-order valence-corrected chi connectivity index (χ2v) is 5.40. The quantitative estimate of drug-likeness (QED) is 0.510. The predicted octanol–water partition coefficient (Wildman–Crippen LogP) is 3.31. The lowest BCUT2D eigenvalue weighted by Gasteiger charge is -2.08. The van der Waals surface area contributed by atoms with E-state index in [1.165, 1.54) is 0 Å². The van der Waals surface area contributed by atoms with Crippen LogP contribution in [0.25, 0.3) is 10.8 Å². The van der Waals surface area contributed by atoms with Gasteiger partial charge in [-0.05, 0) is 34.5 Å². The third-order valence-electron chi connectivity index (χ3n) is 3.64. The molecule has 0 aliphatic rings. The zero-order valence-electron chi connectivity index (χ0n) is 12.5. The number of anilines is 1. The van der Waals surface area contributed by atoms with Crippen LogP contribution in [0.1, 0.15) is 11.1 Å². The van der Waals surface area contributed by atoms with Gasteiger partial charge < -0.3 is 11.1 Å². The molecule has 4 heteroatoms. The number of rotatable bonds is 4. The van der Waals surface area contributed by atoms with Gasteiger partial charge in [-0.15, -0.1) is 0 Å². The van der Waals surface area contributed by atoms with Gasteiger partial charge in [0.05, 0.1) is 6.42 Å². The second kappa shape index (κ2) is 6.32. The fourth-order valence-electron chi connectivity index (χ4n) is 2.48. The van der Waals surface area contributed by atoms with Gasteiger partial charge in [0.1, 0.15) is 5.84 Å². The summed E-state index contributed by atoms with van der Waals surface area (Å²) < 4.78 is 0. The molecule has 4 N–H and O–H groups in total. The minimum absolute atomic E-state index is 0.0455. The third-order valence-corrected chi connectivity index (χ3v) is 3.64. The molecule has 0 aliphatic carbocycles. The van der Waals surface area contributed by atoms with E-state index in [4.69, 9.17) is 11.1 Å². The van der Waals surface area contributed by atoms with Gasteiger partial charge in [0, 0.05) is 11.3 Å². The minimum Gasteiger partial charge on any atom is -0.384 e. The number of nitrogens with two attached hydrogens (primary N) is 1. The normalized spacial score (nSPS) is 10.4. The summed E-state index contributed by atoms with van der Waals surface area (Å²) >= 11 is 0. The highest BCUT2D eigenvalue weighted by atomic mass is 16.1. The SMILES string of the molecule is N=C(N)c1ccc2cc(NC(=O)Cc3ccccc3)ccc2c1. The number of fused-ring (bicyclic) bond motifs is 1. The Hall–Kier alpha value is -3.14. The monoisotopic (exact) mass is 303 g/mol. The van der Waals surface area contributed by atoms with Crippen molar-refractivity contribution in [2.45, 2.75) is 6.42 Å². The maximum Gasteiger partial charge on any atom is 0.228 e. The van der Waals surface area contributed by atoms with E-state index in [-0.39, 0.29) is 11.7 Å². The Labute approximate surface area is 134 Å². The highest BCUT2D eigenvalue weighted by molar-refractivity contribution is 6.00. The van der Waals surface area contributed by atoms with Gasteiger partial charge in [-0.1, -0.05) is 48.5 Å². The Morgan fingerprint density at radius 3 is 2.39 bits per heavy atom. The summed E-state index contributed by atoms with van der Waals surface area (Å²) in [4.78, 5) is 12.1. The predicted molar refractivity (Wildman–Crippen MR) is 93.7 cm³/mol. The molecule has 0 saturated heterocycles. The average molecular weight is 303 g/mol. The number of hydrogen-bond donors (Lipinski definition) is 3. The van der Waals surface area contributed by atoms with Crippen LogP contribution in [-0.4, -0.2) is 11.7 Å². The van der Waals surface area contributed by atoms with E-state index in [1.807, 2.05) is 60.7 Å². The number of hydrogen-bond acceptors (Lipinski definition) is 2. The fraction of sp³-hybridized carbons (Fsp3) is 0.0526. The molecule has 0 atom stereocenters. The minimum atomic E-state index is -0.0455. The van der Waals surface area contributed by atoms with E-state index in [2.05, 4.69) is 5.32 Å². The zero-order chi connectivity index (χ0) is 16.2. The number of benzene rings is 3. The van der Waals surface area contributed by atoms with E-state index >= 15 is 0 Å². The summed E-state index contributed by atoms with van der Waals surface area (Å²) in [6.45, 7) is 0. The van der Waals surface area contributed by atoms with Crippen LogP contribution in [0.3, 0.4) is 0 Å². The molecule has 4 nitrogen and oxygen atoms in total. The molecule has 0 aromatic heterocycles. The number of carbonyl (C=O) groups is 1. The van der Waals surface area contributed by atoms with Crippen molar-refractivity contribution >= 4 is 28.2 Å². The number of amidine groups is 1. The van der Waals surface area contributed by atoms with E-state index in [0.29, 0.717) is 12.0 Å². The smallest absolute Gasteiger partial charge is 0.228 e. The molecule has 0 bridgehead atoms. The van der Waals surface area contributed by atoms with Crippen molar-refractivity contribution in [3.05, 3.63) is 77.9 Å². The molecule has 0 radical (unpaired) electrons. The van der Waals surface area contributed by atoms with Crippen LogP contribution in [0.15, 0.2) is 66.7 Å². The molecule has 1 amide bonds. The van der Waals surface area contributed by atoms with Gasteiger partial charge in [-0.3, -0.25) is 10.2 Å². The molecule has 3 aromatic carbocycles. The zero-order valence-corrected chi connectivity index (χ0v) is 12.5. The average Bonchev–Trinajstić information content (AvgIpc) is 2.55. The topological polar surface area (TPSA) is 79.0 Å². The van der Waals surface area contributed by atoms with Crippen LogP contribution in [0.4, 0.5) is 5.69 Å². The highest BCUT2D eigenvalue weighted by Gasteiger charge is 2.05. The highest BCUT2D eigenvalue weighted by Crippen LogP contribution is 2.20. The first-order valence-corrected chi connectivity index (χ1v) is 7.34. The first kappa shape index (κ1) is 14.8. The lowest BCUT2D eigenvalue weighted by Crippen LogP contribution is -2.14. The molecule has 0 unspecified atom stereocenters. The van der Waals surface area contributed by atoms with Gasteiger partial charge in [-0.2, -0.15) is 0 Å². The van der Waals surface area contributed by atoms with Crippen molar-refractivity contribution in [3.63, 3.8) is 0 Å². The van der Waals surface area contributed by atoms with Gasteiger partial charge in [0.25, 0.3) is 0 Å². The van der Waals surface area contributed by atoms with Crippen LogP contribution in [-0.2, 0) is 11.2 Å². The van der Waals surface area contributed by atoms with Gasteiger partial charge in [0.2, 0.25) is 5.91 Å².